The van der Waals surface area contributed by atoms with Gasteiger partial charge in [-0.25, -0.2) is 0 Å². The summed E-state index contributed by atoms with van der Waals surface area (Å²) in [7, 11) is 0. The quantitative estimate of drug-likeness (QED) is 0.919. The highest BCUT2D eigenvalue weighted by atomic mass is 32.1. The molecule has 1 heterocycles. The number of hydrogen-bond acceptors (Lipinski definition) is 4. The molecule has 0 atom stereocenters. The molecule has 0 bridgehead atoms. The van der Waals surface area contributed by atoms with Gasteiger partial charge in [-0.1, -0.05) is 56.7 Å². The highest BCUT2D eigenvalue weighted by Gasteiger charge is 2.11. The molecule has 1 aromatic carbocycles. The van der Waals surface area contributed by atoms with Crippen LogP contribution in [0.1, 0.15) is 54.5 Å². The number of hydrogen-bond donors (Lipinski definition) is 1. The van der Waals surface area contributed by atoms with E-state index in [2.05, 4.69) is 15.5 Å². The summed E-state index contributed by atoms with van der Waals surface area (Å²) in [4.78, 5) is 12.0. The van der Waals surface area contributed by atoms with Gasteiger partial charge in [0, 0.05) is 11.5 Å². The minimum Gasteiger partial charge on any atom is -0.296 e. The average Bonchev–Trinajstić information content (AvgIpc) is 2.90. The highest BCUT2D eigenvalue weighted by Crippen LogP contribution is 2.22. The first-order valence-corrected chi connectivity index (χ1v) is 7.59. The normalized spacial score (nSPS) is 9.90. The topological polar surface area (TPSA) is 54.9 Å². The molecule has 5 heteroatoms. The first kappa shape index (κ1) is 16.3. The van der Waals surface area contributed by atoms with Gasteiger partial charge in [-0.15, -0.1) is 10.2 Å². The number of benzene rings is 1. The molecule has 2 aromatic rings. The second-order valence-electron chi connectivity index (χ2n) is 4.42. The van der Waals surface area contributed by atoms with E-state index in [1.807, 2.05) is 52.8 Å². The van der Waals surface area contributed by atoms with Crippen LogP contribution in [0.3, 0.4) is 0 Å². The Balaban J connectivity index is 0.000000956. The maximum atomic E-state index is 12.0. The van der Waals surface area contributed by atoms with Gasteiger partial charge in [0.05, 0.1) is 0 Å². The minimum absolute atomic E-state index is 0.148. The Morgan fingerprint density at radius 2 is 1.95 bits per heavy atom. The van der Waals surface area contributed by atoms with Crippen LogP contribution in [0.5, 0.6) is 0 Å². The van der Waals surface area contributed by atoms with Gasteiger partial charge in [0.25, 0.3) is 5.91 Å². The van der Waals surface area contributed by atoms with Crippen LogP contribution < -0.4 is 5.32 Å². The van der Waals surface area contributed by atoms with E-state index in [4.69, 9.17) is 0 Å². The van der Waals surface area contributed by atoms with Crippen LogP contribution in [-0.4, -0.2) is 16.1 Å². The minimum atomic E-state index is -0.148. The lowest BCUT2D eigenvalue weighted by molar-refractivity contribution is 0.102. The zero-order chi connectivity index (χ0) is 15.1. The van der Waals surface area contributed by atoms with Crippen LogP contribution in [0, 0.1) is 6.92 Å². The third kappa shape index (κ3) is 4.42. The zero-order valence-corrected chi connectivity index (χ0v) is 13.4. The average molecular weight is 291 g/mol. The molecule has 0 unspecified atom stereocenters. The molecule has 4 nitrogen and oxygen atoms in total. The summed E-state index contributed by atoms with van der Waals surface area (Å²) in [6.45, 7) is 10.1. The predicted molar refractivity (Wildman–Crippen MR) is 84.5 cm³/mol. The Kier molecular flexibility index (Phi) is 6.31. The summed E-state index contributed by atoms with van der Waals surface area (Å²) >= 11 is 1.41. The van der Waals surface area contributed by atoms with Crippen LogP contribution in [-0.2, 0) is 0 Å². The zero-order valence-electron chi connectivity index (χ0n) is 12.6. The van der Waals surface area contributed by atoms with Crippen molar-refractivity contribution in [3.05, 3.63) is 40.4 Å². The van der Waals surface area contributed by atoms with E-state index in [9.17, 15) is 4.79 Å². The van der Waals surface area contributed by atoms with Crippen LogP contribution in [0.15, 0.2) is 24.3 Å². The van der Waals surface area contributed by atoms with Crippen molar-refractivity contribution in [3.63, 3.8) is 0 Å². The first-order valence-electron chi connectivity index (χ1n) is 6.77. The Hall–Kier alpha value is -1.75. The summed E-state index contributed by atoms with van der Waals surface area (Å²) in [5.74, 6) is 0.178. The molecule has 0 aliphatic heterocycles. The molecule has 108 valence electrons. The van der Waals surface area contributed by atoms with Crippen LogP contribution >= 0.6 is 11.3 Å². The number of rotatable bonds is 3. The van der Waals surface area contributed by atoms with Crippen molar-refractivity contribution in [2.75, 3.05) is 5.32 Å². The Bertz CT molecular complexity index is 564. The molecule has 20 heavy (non-hydrogen) atoms. The summed E-state index contributed by atoms with van der Waals surface area (Å²) < 4.78 is 0. The number of aryl methyl sites for hydroxylation is 1. The van der Waals surface area contributed by atoms with E-state index >= 15 is 0 Å². The van der Waals surface area contributed by atoms with E-state index in [-0.39, 0.29) is 5.91 Å². The van der Waals surface area contributed by atoms with E-state index in [1.54, 1.807) is 6.07 Å². The Labute approximate surface area is 124 Å². The number of carbonyl (C=O) groups excluding carboxylic acids is 1. The maximum absolute atomic E-state index is 12.0. The largest absolute Gasteiger partial charge is 0.296 e. The van der Waals surface area contributed by atoms with Gasteiger partial charge in [0.1, 0.15) is 5.01 Å². The second-order valence-corrected chi connectivity index (χ2v) is 5.43. The summed E-state index contributed by atoms with van der Waals surface area (Å²) in [5, 5.41) is 12.2. The summed E-state index contributed by atoms with van der Waals surface area (Å²) in [6.07, 6.45) is 0. The fraction of sp³-hybridized carbons (Fsp3) is 0.400. The van der Waals surface area contributed by atoms with Crippen LogP contribution in [0.25, 0.3) is 0 Å². The van der Waals surface area contributed by atoms with Crippen molar-refractivity contribution in [3.8, 4) is 0 Å². The van der Waals surface area contributed by atoms with Gasteiger partial charge in [-0.05, 0) is 19.1 Å². The monoisotopic (exact) mass is 291 g/mol. The third-order valence-electron chi connectivity index (χ3n) is 2.44. The Morgan fingerprint density at radius 3 is 2.50 bits per heavy atom. The molecule has 2 rings (SSSR count). The molecule has 0 saturated carbocycles. The molecule has 1 N–H and O–H groups in total. The van der Waals surface area contributed by atoms with Crippen molar-refractivity contribution in [2.24, 2.45) is 0 Å². The fourth-order valence-electron chi connectivity index (χ4n) is 1.47. The molecule has 0 spiro atoms. The van der Waals surface area contributed by atoms with Crippen molar-refractivity contribution in [2.45, 2.75) is 40.5 Å². The van der Waals surface area contributed by atoms with Gasteiger partial charge in [0.15, 0.2) is 0 Å². The van der Waals surface area contributed by atoms with Crippen LogP contribution in [0.2, 0.25) is 0 Å². The van der Waals surface area contributed by atoms with Crippen molar-refractivity contribution in [1.29, 1.82) is 0 Å². The standard InChI is InChI=1S/C13H15N3OS.C2H6/c1-8(2)12-15-16-13(18-12)14-11(17)10-6-4-5-9(3)7-10;1-2/h4-8H,1-3H3,(H,14,16,17);1-2H3. The summed E-state index contributed by atoms with van der Waals surface area (Å²) in [6, 6.07) is 7.45. The van der Waals surface area contributed by atoms with E-state index in [0.717, 1.165) is 10.6 Å². The van der Waals surface area contributed by atoms with Gasteiger partial charge in [-0.2, -0.15) is 0 Å². The number of carbonyl (C=O) groups is 1. The second kappa shape index (κ2) is 7.75. The molecule has 0 radical (unpaired) electrons. The number of anilines is 1. The lowest BCUT2D eigenvalue weighted by Crippen LogP contribution is -2.11. The highest BCUT2D eigenvalue weighted by molar-refractivity contribution is 7.15. The van der Waals surface area contributed by atoms with Crippen molar-refractivity contribution < 1.29 is 4.79 Å². The van der Waals surface area contributed by atoms with Crippen molar-refractivity contribution >= 4 is 22.4 Å². The lowest BCUT2D eigenvalue weighted by atomic mass is 10.1. The number of nitrogens with one attached hydrogen (secondary N) is 1. The Morgan fingerprint density at radius 1 is 1.25 bits per heavy atom. The van der Waals surface area contributed by atoms with E-state index < -0.39 is 0 Å². The maximum Gasteiger partial charge on any atom is 0.257 e. The number of aromatic nitrogens is 2. The molecule has 1 amide bonds. The molecule has 0 fully saturated rings. The third-order valence-corrected chi connectivity index (χ3v) is 3.57. The number of amides is 1. The van der Waals surface area contributed by atoms with E-state index in [0.29, 0.717) is 16.6 Å². The van der Waals surface area contributed by atoms with Crippen LogP contribution in [0.4, 0.5) is 5.13 Å². The van der Waals surface area contributed by atoms with Gasteiger partial charge in [0.2, 0.25) is 5.13 Å². The number of nitrogens with zero attached hydrogens (tertiary/aromatic N) is 2. The van der Waals surface area contributed by atoms with Gasteiger partial charge < -0.3 is 0 Å². The SMILES string of the molecule is CC.Cc1cccc(C(=O)Nc2nnc(C(C)C)s2)c1. The smallest absolute Gasteiger partial charge is 0.257 e. The molecule has 0 aliphatic carbocycles. The molecule has 0 saturated heterocycles. The molecule has 0 aliphatic rings. The molecular formula is C15H21N3OS. The predicted octanol–water partition coefficient (Wildman–Crippen LogP) is 4.25. The summed E-state index contributed by atoms with van der Waals surface area (Å²) in [5.41, 5.74) is 1.69. The van der Waals surface area contributed by atoms with Crippen molar-refractivity contribution in [1.82, 2.24) is 10.2 Å². The lowest BCUT2D eigenvalue weighted by Gasteiger charge is -2.01. The first-order chi connectivity index (χ1) is 9.56. The fourth-order valence-corrected chi connectivity index (χ4v) is 2.21. The molecule has 1 aromatic heterocycles. The van der Waals surface area contributed by atoms with Gasteiger partial charge in [-0.3, -0.25) is 10.1 Å². The van der Waals surface area contributed by atoms with E-state index in [1.165, 1.54) is 11.3 Å². The molecular weight excluding hydrogens is 270 g/mol. The van der Waals surface area contributed by atoms with Gasteiger partial charge >= 0.3 is 0 Å².